The van der Waals surface area contributed by atoms with Gasteiger partial charge in [-0.1, -0.05) is 42.1 Å². The Morgan fingerprint density at radius 1 is 1.36 bits per heavy atom. The van der Waals surface area contributed by atoms with Crippen molar-refractivity contribution >= 4 is 17.0 Å². The quantitative estimate of drug-likeness (QED) is 0.762. The third kappa shape index (κ3) is 3.42. The number of likely N-dealkylation sites (N-methyl/N-ethyl adjacent to an activating group) is 1. The number of hydrogen-bond donors (Lipinski definition) is 0. The highest BCUT2D eigenvalue weighted by molar-refractivity contribution is 8.12. The van der Waals surface area contributed by atoms with Crippen molar-refractivity contribution in [3.05, 3.63) is 35.9 Å². The fraction of sp³-hybridized carbons (Fsp3) is 0.364. The van der Waals surface area contributed by atoms with Crippen LogP contribution in [-0.4, -0.2) is 30.0 Å². The van der Waals surface area contributed by atoms with E-state index >= 15 is 0 Å². The van der Waals surface area contributed by atoms with E-state index in [9.17, 15) is 4.79 Å². The molecule has 3 heteroatoms. The molecular formula is C11H15NOS. The summed E-state index contributed by atoms with van der Waals surface area (Å²) in [5.74, 6) is 0. The minimum atomic E-state index is 0.126. The van der Waals surface area contributed by atoms with Crippen LogP contribution in [0.1, 0.15) is 5.56 Å². The van der Waals surface area contributed by atoms with Crippen LogP contribution < -0.4 is 0 Å². The van der Waals surface area contributed by atoms with Crippen molar-refractivity contribution in [3.63, 3.8) is 0 Å². The normalized spacial score (nSPS) is 9.86. The van der Waals surface area contributed by atoms with Crippen molar-refractivity contribution in [2.45, 2.75) is 6.42 Å². The monoisotopic (exact) mass is 209 g/mol. The number of benzene rings is 1. The van der Waals surface area contributed by atoms with Gasteiger partial charge in [0.2, 0.25) is 0 Å². The van der Waals surface area contributed by atoms with Gasteiger partial charge in [0.15, 0.2) is 0 Å². The zero-order chi connectivity index (χ0) is 10.4. The molecule has 1 aromatic carbocycles. The van der Waals surface area contributed by atoms with E-state index in [2.05, 4.69) is 12.1 Å². The molecule has 0 saturated carbocycles. The van der Waals surface area contributed by atoms with Gasteiger partial charge in [0.05, 0.1) is 0 Å². The molecule has 14 heavy (non-hydrogen) atoms. The molecule has 0 aliphatic carbocycles. The van der Waals surface area contributed by atoms with Crippen molar-refractivity contribution in [3.8, 4) is 0 Å². The van der Waals surface area contributed by atoms with E-state index in [1.54, 1.807) is 11.2 Å². The molecule has 0 fully saturated rings. The van der Waals surface area contributed by atoms with E-state index in [-0.39, 0.29) is 5.24 Å². The van der Waals surface area contributed by atoms with Gasteiger partial charge in [-0.05, 0) is 18.2 Å². The second-order valence-electron chi connectivity index (χ2n) is 3.13. The van der Waals surface area contributed by atoms with Gasteiger partial charge < -0.3 is 4.90 Å². The molecule has 1 rings (SSSR count). The van der Waals surface area contributed by atoms with Crippen LogP contribution in [0.2, 0.25) is 0 Å². The Balaban J connectivity index is 2.38. The third-order valence-corrected chi connectivity index (χ3v) is 2.73. The van der Waals surface area contributed by atoms with Gasteiger partial charge in [-0.3, -0.25) is 4.79 Å². The summed E-state index contributed by atoms with van der Waals surface area (Å²) in [5, 5.41) is 0.126. The summed E-state index contributed by atoms with van der Waals surface area (Å²) < 4.78 is 0. The second-order valence-corrected chi connectivity index (χ2v) is 3.88. The fourth-order valence-electron chi connectivity index (χ4n) is 1.19. The highest BCUT2D eigenvalue weighted by atomic mass is 32.2. The molecule has 0 radical (unpaired) electrons. The first-order valence-electron chi connectivity index (χ1n) is 4.57. The van der Waals surface area contributed by atoms with Gasteiger partial charge in [0.25, 0.3) is 5.24 Å². The number of thioether (sulfide) groups is 1. The third-order valence-electron chi connectivity index (χ3n) is 2.07. The molecule has 2 nitrogen and oxygen atoms in total. The minimum Gasteiger partial charge on any atom is -0.336 e. The average molecular weight is 209 g/mol. The topological polar surface area (TPSA) is 20.3 Å². The van der Waals surface area contributed by atoms with Gasteiger partial charge in [0, 0.05) is 13.6 Å². The van der Waals surface area contributed by atoms with Gasteiger partial charge in [0.1, 0.15) is 0 Å². The van der Waals surface area contributed by atoms with Gasteiger partial charge in [-0.15, -0.1) is 0 Å². The van der Waals surface area contributed by atoms with Crippen molar-refractivity contribution in [1.82, 2.24) is 4.90 Å². The van der Waals surface area contributed by atoms with Gasteiger partial charge >= 0.3 is 0 Å². The van der Waals surface area contributed by atoms with E-state index in [0.717, 1.165) is 13.0 Å². The zero-order valence-corrected chi connectivity index (χ0v) is 9.38. The Bertz CT molecular complexity index is 287. The Hall–Kier alpha value is -0.960. The zero-order valence-electron chi connectivity index (χ0n) is 8.56. The summed E-state index contributed by atoms with van der Waals surface area (Å²) in [6.45, 7) is 0.781. The van der Waals surface area contributed by atoms with Crippen LogP contribution in [-0.2, 0) is 6.42 Å². The molecular weight excluding hydrogens is 194 g/mol. The molecule has 0 saturated heterocycles. The van der Waals surface area contributed by atoms with Gasteiger partial charge in [-0.2, -0.15) is 0 Å². The van der Waals surface area contributed by atoms with E-state index in [0.29, 0.717) is 0 Å². The van der Waals surface area contributed by atoms with Crippen LogP contribution in [0, 0.1) is 0 Å². The number of hydrogen-bond acceptors (Lipinski definition) is 2. The maximum atomic E-state index is 11.2. The lowest BCUT2D eigenvalue weighted by molar-refractivity contribution is 0.234. The van der Waals surface area contributed by atoms with Crippen LogP contribution >= 0.6 is 11.8 Å². The molecule has 0 spiro atoms. The fourth-order valence-corrected chi connectivity index (χ4v) is 1.59. The first-order valence-corrected chi connectivity index (χ1v) is 5.79. The predicted octanol–water partition coefficient (Wildman–Crippen LogP) is 2.64. The summed E-state index contributed by atoms with van der Waals surface area (Å²) in [4.78, 5) is 13.0. The molecule has 76 valence electrons. The Kier molecular flexibility index (Phi) is 4.53. The standard InChI is InChI=1S/C11H15NOS/c1-12(11(13)14-2)9-8-10-6-4-3-5-7-10/h3-7H,8-9H2,1-2H3. The highest BCUT2D eigenvalue weighted by Crippen LogP contribution is 2.05. The Morgan fingerprint density at radius 3 is 2.57 bits per heavy atom. The van der Waals surface area contributed by atoms with Crippen LogP contribution in [0.3, 0.4) is 0 Å². The lowest BCUT2D eigenvalue weighted by Gasteiger charge is -2.15. The molecule has 1 amide bonds. The molecule has 0 aromatic heterocycles. The summed E-state index contributed by atoms with van der Waals surface area (Å²) in [6, 6.07) is 10.2. The molecule has 1 aromatic rings. The number of rotatable bonds is 3. The average Bonchev–Trinajstić information content (AvgIpc) is 2.26. The smallest absolute Gasteiger partial charge is 0.281 e. The van der Waals surface area contributed by atoms with Crippen LogP contribution in [0.5, 0.6) is 0 Å². The number of carbonyl (C=O) groups excluding carboxylic acids is 1. The van der Waals surface area contributed by atoms with Crippen molar-refractivity contribution < 1.29 is 4.79 Å². The highest BCUT2D eigenvalue weighted by Gasteiger charge is 2.05. The summed E-state index contributed by atoms with van der Waals surface area (Å²) in [7, 11) is 1.84. The first-order chi connectivity index (χ1) is 6.74. The molecule has 0 aliphatic heterocycles. The molecule has 0 heterocycles. The summed E-state index contributed by atoms with van der Waals surface area (Å²) in [6.07, 6.45) is 2.73. The SMILES string of the molecule is CSC(=O)N(C)CCc1ccccc1. The lowest BCUT2D eigenvalue weighted by atomic mass is 10.1. The van der Waals surface area contributed by atoms with Crippen LogP contribution in [0.25, 0.3) is 0 Å². The minimum absolute atomic E-state index is 0.126. The van der Waals surface area contributed by atoms with Crippen molar-refractivity contribution in [2.24, 2.45) is 0 Å². The molecule has 0 unspecified atom stereocenters. The number of amides is 1. The second kappa shape index (κ2) is 5.70. The van der Waals surface area contributed by atoms with E-state index in [1.165, 1.54) is 17.3 Å². The maximum absolute atomic E-state index is 11.2. The lowest BCUT2D eigenvalue weighted by Crippen LogP contribution is -2.24. The van der Waals surface area contributed by atoms with E-state index in [4.69, 9.17) is 0 Å². The van der Waals surface area contributed by atoms with Crippen molar-refractivity contribution in [2.75, 3.05) is 19.8 Å². The molecule has 0 bridgehead atoms. The predicted molar refractivity (Wildman–Crippen MR) is 61.7 cm³/mol. The van der Waals surface area contributed by atoms with E-state index < -0.39 is 0 Å². The number of nitrogens with zero attached hydrogens (tertiary/aromatic N) is 1. The van der Waals surface area contributed by atoms with Gasteiger partial charge in [-0.25, -0.2) is 0 Å². The van der Waals surface area contributed by atoms with Crippen molar-refractivity contribution in [1.29, 1.82) is 0 Å². The largest absolute Gasteiger partial charge is 0.336 e. The first kappa shape index (κ1) is 11.1. The Labute approximate surface area is 89.3 Å². The van der Waals surface area contributed by atoms with E-state index in [1.807, 2.05) is 25.2 Å². The molecule has 0 N–H and O–H groups in total. The Morgan fingerprint density at radius 2 is 2.00 bits per heavy atom. The number of carbonyl (C=O) groups is 1. The summed E-state index contributed by atoms with van der Waals surface area (Å²) in [5.41, 5.74) is 1.27. The molecule has 0 atom stereocenters. The molecule has 0 aliphatic rings. The summed E-state index contributed by atoms with van der Waals surface area (Å²) >= 11 is 1.26. The van der Waals surface area contributed by atoms with Crippen LogP contribution in [0.4, 0.5) is 4.79 Å². The van der Waals surface area contributed by atoms with Crippen LogP contribution in [0.15, 0.2) is 30.3 Å². The maximum Gasteiger partial charge on any atom is 0.281 e.